The van der Waals surface area contributed by atoms with Gasteiger partial charge in [0.1, 0.15) is 6.33 Å². The minimum Gasteiger partial charge on any atom is -0.478 e. The quantitative estimate of drug-likeness (QED) is 0.777. The largest absolute Gasteiger partial charge is 0.478 e. The molecular weight excluding hydrogens is 299 g/mol. The number of halogens is 2. The zero-order valence-electron chi connectivity index (χ0n) is 10.0. The molecule has 0 amide bonds. The number of imidazole rings is 1. The summed E-state index contributed by atoms with van der Waals surface area (Å²) in [4.78, 5) is 15.2. The van der Waals surface area contributed by atoms with Crippen molar-refractivity contribution in [1.82, 2.24) is 9.55 Å². The summed E-state index contributed by atoms with van der Waals surface area (Å²) < 4.78 is 1.79. The van der Waals surface area contributed by atoms with E-state index in [-0.39, 0.29) is 5.56 Å². The Bertz CT molecular complexity index is 827. The van der Waals surface area contributed by atoms with Gasteiger partial charge in [0.05, 0.1) is 27.3 Å². The van der Waals surface area contributed by atoms with Crippen LogP contribution in [0.2, 0.25) is 10.0 Å². The minimum atomic E-state index is -0.981. The van der Waals surface area contributed by atoms with Gasteiger partial charge in [-0.15, -0.1) is 0 Å². The molecule has 20 heavy (non-hydrogen) atoms. The van der Waals surface area contributed by atoms with Gasteiger partial charge < -0.3 is 5.11 Å². The summed E-state index contributed by atoms with van der Waals surface area (Å²) in [6.45, 7) is 0. The molecule has 6 heteroatoms. The van der Waals surface area contributed by atoms with Crippen LogP contribution in [0.3, 0.4) is 0 Å². The van der Waals surface area contributed by atoms with Crippen LogP contribution in [-0.4, -0.2) is 20.6 Å². The van der Waals surface area contributed by atoms with Gasteiger partial charge in [0, 0.05) is 5.02 Å². The highest BCUT2D eigenvalue weighted by Gasteiger charge is 2.11. The first-order valence-corrected chi connectivity index (χ1v) is 6.47. The third-order valence-corrected chi connectivity index (χ3v) is 3.50. The number of carboxylic acid groups (broad SMARTS) is 1. The summed E-state index contributed by atoms with van der Waals surface area (Å²) in [5.41, 5.74) is 2.31. The number of rotatable bonds is 2. The second kappa shape index (κ2) is 4.81. The zero-order chi connectivity index (χ0) is 14.3. The normalized spacial score (nSPS) is 10.9. The van der Waals surface area contributed by atoms with E-state index in [9.17, 15) is 4.79 Å². The van der Waals surface area contributed by atoms with Crippen molar-refractivity contribution in [2.45, 2.75) is 0 Å². The molecule has 0 fully saturated rings. The monoisotopic (exact) mass is 306 g/mol. The van der Waals surface area contributed by atoms with Crippen molar-refractivity contribution in [3.05, 3.63) is 58.3 Å². The Balaban J connectivity index is 2.20. The van der Waals surface area contributed by atoms with Crippen LogP contribution in [0, 0.1) is 0 Å². The Hall–Kier alpha value is -2.04. The molecule has 1 heterocycles. The molecule has 3 rings (SSSR count). The maximum absolute atomic E-state index is 10.9. The molecule has 0 radical (unpaired) electrons. The highest BCUT2D eigenvalue weighted by molar-refractivity contribution is 6.35. The van der Waals surface area contributed by atoms with Crippen LogP contribution in [-0.2, 0) is 0 Å². The second-order valence-corrected chi connectivity index (χ2v) is 5.06. The molecule has 1 aromatic heterocycles. The number of fused-ring (bicyclic) bond motifs is 1. The fourth-order valence-electron chi connectivity index (χ4n) is 2.01. The predicted molar refractivity (Wildman–Crippen MR) is 78.0 cm³/mol. The Morgan fingerprint density at radius 2 is 1.95 bits per heavy atom. The SMILES string of the molecule is O=C(O)c1ccc2c(c1)ncn2-c1ccc(Cl)cc1Cl. The van der Waals surface area contributed by atoms with Crippen LogP contribution in [0.5, 0.6) is 0 Å². The fourth-order valence-corrected chi connectivity index (χ4v) is 2.51. The number of carbonyl (C=O) groups is 1. The lowest BCUT2D eigenvalue weighted by atomic mass is 10.2. The van der Waals surface area contributed by atoms with Gasteiger partial charge in [0.25, 0.3) is 0 Å². The summed E-state index contributed by atoms with van der Waals surface area (Å²) in [6, 6.07) is 9.94. The Labute approximate surface area is 124 Å². The maximum Gasteiger partial charge on any atom is 0.335 e. The Kier molecular flexibility index (Phi) is 3.12. The molecule has 0 atom stereocenters. The molecule has 4 nitrogen and oxygen atoms in total. The van der Waals surface area contributed by atoms with Crippen molar-refractivity contribution in [1.29, 1.82) is 0 Å². The maximum atomic E-state index is 10.9. The van der Waals surface area contributed by atoms with Crippen LogP contribution in [0.1, 0.15) is 10.4 Å². The molecular formula is C14H8Cl2N2O2. The van der Waals surface area contributed by atoms with Crippen molar-refractivity contribution in [3.8, 4) is 5.69 Å². The van der Waals surface area contributed by atoms with Gasteiger partial charge in [0.15, 0.2) is 0 Å². The average molecular weight is 307 g/mol. The summed E-state index contributed by atoms with van der Waals surface area (Å²) in [6.07, 6.45) is 1.60. The van der Waals surface area contributed by atoms with Gasteiger partial charge in [-0.25, -0.2) is 9.78 Å². The third-order valence-electron chi connectivity index (χ3n) is 2.96. The van der Waals surface area contributed by atoms with E-state index in [0.29, 0.717) is 15.6 Å². The fraction of sp³-hybridized carbons (Fsp3) is 0. The van der Waals surface area contributed by atoms with Crippen molar-refractivity contribution < 1.29 is 9.90 Å². The van der Waals surface area contributed by atoms with E-state index in [2.05, 4.69) is 4.98 Å². The first-order valence-electron chi connectivity index (χ1n) is 5.72. The standard InChI is InChI=1S/C14H8Cl2N2O2/c15-9-2-4-12(10(16)6-9)18-7-17-11-5-8(14(19)20)1-3-13(11)18/h1-7H,(H,19,20). The first-order chi connectivity index (χ1) is 9.56. The van der Waals surface area contributed by atoms with Crippen LogP contribution in [0.15, 0.2) is 42.7 Å². The van der Waals surface area contributed by atoms with E-state index in [1.54, 1.807) is 35.2 Å². The molecule has 0 aliphatic rings. The molecule has 3 aromatic rings. The van der Waals surface area contributed by atoms with Gasteiger partial charge in [-0.2, -0.15) is 0 Å². The van der Waals surface area contributed by atoms with Gasteiger partial charge in [-0.05, 0) is 36.4 Å². The number of hydrogen-bond acceptors (Lipinski definition) is 2. The summed E-state index contributed by atoms with van der Waals surface area (Å²) in [7, 11) is 0. The summed E-state index contributed by atoms with van der Waals surface area (Å²) in [5.74, 6) is -0.981. The van der Waals surface area contributed by atoms with E-state index < -0.39 is 5.97 Å². The third kappa shape index (κ3) is 2.13. The van der Waals surface area contributed by atoms with E-state index in [1.807, 2.05) is 0 Å². The number of aromatic nitrogens is 2. The second-order valence-electron chi connectivity index (χ2n) is 4.22. The number of aromatic carboxylic acids is 1. The lowest BCUT2D eigenvalue weighted by molar-refractivity contribution is 0.0697. The van der Waals surface area contributed by atoms with E-state index >= 15 is 0 Å². The molecule has 0 spiro atoms. The van der Waals surface area contributed by atoms with Crippen molar-refractivity contribution >= 4 is 40.2 Å². The molecule has 100 valence electrons. The minimum absolute atomic E-state index is 0.199. The van der Waals surface area contributed by atoms with Crippen molar-refractivity contribution in [3.63, 3.8) is 0 Å². The first kappa shape index (κ1) is 13.0. The van der Waals surface area contributed by atoms with Crippen LogP contribution in [0.4, 0.5) is 0 Å². The van der Waals surface area contributed by atoms with Crippen LogP contribution < -0.4 is 0 Å². The van der Waals surface area contributed by atoms with E-state index in [4.69, 9.17) is 28.3 Å². The molecule has 0 bridgehead atoms. The lowest BCUT2D eigenvalue weighted by Gasteiger charge is -2.07. The predicted octanol–water partition coefficient (Wildman–Crippen LogP) is 4.03. The molecule has 0 aliphatic heterocycles. The molecule has 1 N–H and O–H groups in total. The molecule has 0 saturated heterocycles. The van der Waals surface area contributed by atoms with Gasteiger partial charge in [-0.3, -0.25) is 4.57 Å². The number of nitrogens with zero attached hydrogens (tertiary/aromatic N) is 2. The number of hydrogen-bond donors (Lipinski definition) is 1. The summed E-state index contributed by atoms with van der Waals surface area (Å²) >= 11 is 12.1. The molecule has 0 unspecified atom stereocenters. The molecule has 0 aliphatic carbocycles. The summed E-state index contributed by atoms with van der Waals surface area (Å²) in [5, 5.41) is 10.0. The molecule has 0 saturated carbocycles. The average Bonchev–Trinajstić information content (AvgIpc) is 2.81. The smallest absolute Gasteiger partial charge is 0.335 e. The van der Waals surface area contributed by atoms with Crippen molar-refractivity contribution in [2.24, 2.45) is 0 Å². The van der Waals surface area contributed by atoms with E-state index in [1.165, 1.54) is 12.1 Å². The molecule has 2 aromatic carbocycles. The highest BCUT2D eigenvalue weighted by atomic mass is 35.5. The van der Waals surface area contributed by atoms with Gasteiger partial charge in [-0.1, -0.05) is 23.2 Å². The van der Waals surface area contributed by atoms with Crippen LogP contribution >= 0.6 is 23.2 Å². The number of benzene rings is 2. The lowest BCUT2D eigenvalue weighted by Crippen LogP contribution is -1.96. The zero-order valence-corrected chi connectivity index (χ0v) is 11.6. The topological polar surface area (TPSA) is 55.1 Å². The Morgan fingerprint density at radius 3 is 2.65 bits per heavy atom. The van der Waals surface area contributed by atoms with Crippen molar-refractivity contribution in [2.75, 3.05) is 0 Å². The number of carboxylic acids is 1. The van der Waals surface area contributed by atoms with Gasteiger partial charge >= 0.3 is 5.97 Å². The Morgan fingerprint density at radius 1 is 1.15 bits per heavy atom. The highest BCUT2D eigenvalue weighted by Crippen LogP contribution is 2.27. The van der Waals surface area contributed by atoms with E-state index in [0.717, 1.165) is 11.2 Å². The van der Waals surface area contributed by atoms with Crippen LogP contribution in [0.25, 0.3) is 16.7 Å². The van der Waals surface area contributed by atoms with Gasteiger partial charge in [0.2, 0.25) is 0 Å².